The van der Waals surface area contributed by atoms with E-state index in [0.29, 0.717) is 6.04 Å². The molecule has 1 N–H and O–H groups in total. The lowest BCUT2D eigenvalue weighted by Gasteiger charge is -2.43. The summed E-state index contributed by atoms with van der Waals surface area (Å²) in [6, 6.07) is 15.4. The number of thiophene rings is 1. The van der Waals surface area contributed by atoms with E-state index in [1.165, 1.54) is 15.3 Å². The second-order valence-electron chi connectivity index (χ2n) is 6.00. The SMILES string of the molecule is Cc1cc(CNC2CC(C#N)(c3ccccc3)C2)sc1C. The molecule has 1 saturated carbocycles. The molecule has 0 aliphatic heterocycles. The monoisotopic (exact) mass is 296 g/mol. The lowest BCUT2D eigenvalue weighted by molar-refractivity contribution is 0.226. The van der Waals surface area contributed by atoms with Crippen molar-refractivity contribution in [2.75, 3.05) is 0 Å². The molecule has 0 unspecified atom stereocenters. The molecule has 0 saturated heterocycles. The first kappa shape index (κ1) is 14.3. The van der Waals surface area contributed by atoms with Crippen molar-refractivity contribution in [2.45, 2.75) is 44.7 Å². The first-order valence-corrected chi connectivity index (χ1v) is 8.21. The smallest absolute Gasteiger partial charge is 0.0852 e. The van der Waals surface area contributed by atoms with E-state index < -0.39 is 0 Å². The Hall–Kier alpha value is -1.63. The third-order valence-corrected chi connectivity index (χ3v) is 5.66. The molecule has 1 heterocycles. The third-order valence-electron chi connectivity index (χ3n) is 4.51. The van der Waals surface area contributed by atoms with E-state index in [-0.39, 0.29) is 5.41 Å². The summed E-state index contributed by atoms with van der Waals surface area (Å²) in [5.74, 6) is 0. The Morgan fingerprint density at radius 3 is 2.57 bits per heavy atom. The van der Waals surface area contributed by atoms with Gasteiger partial charge < -0.3 is 5.32 Å². The maximum atomic E-state index is 9.56. The van der Waals surface area contributed by atoms with Crippen molar-refractivity contribution in [1.82, 2.24) is 5.32 Å². The normalized spacial score (nSPS) is 24.3. The van der Waals surface area contributed by atoms with Crippen LogP contribution in [0.3, 0.4) is 0 Å². The van der Waals surface area contributed by atoms with Gasteiger partial charge in [0.05, 0.1) is 11.5 Å². The molecule has 0 spiro atoms. The van der Waals surface area contributed by atoms with Gasteiger partial charge in [-0.15, -0.1) is 11.3 Å². The Labute approximate surface area is 130 Å². The fraction of sp³-hybridized carbons (Fsp3) is 0.389. The number of hydrogen-bond acceptors (Lipinski definition) is 3. The van der Waals surface area contributed by atoms with Crippen molar-refractivity contribution < 1.29 is 0 Å². The molecule has 0 radical (unpaired) electrons. The predicted molar refractivity (Wildman–Crippen MR) is 87.4 cm³/mol. The summed E-state index contributed by atoms with van der Waals surface area (Å²) >= 11 is 1.87. The summed E-state index contributed by atoms with van der Waals surface area (Å²) < 4.78 is 0. The Bertz CT molecular complexity index is 641. The second kappa shape index (κ2) is 5.63. The summed E-state index contributed by atoms with van der Waals surface area (Å²) in [5, 5.41) is 13.2. The van der Waals surface area contributed by atoms with Crippen LogP contribution in [0.25, 0.3) is 0 Å². The van der Waals surface area contributed by atoms with E-state index in [1.54, 1.807) is 0 Å². The van der Waals surface area contributed by atoms with Gasteiger partial charge in [-0.1, -0.05) is 30.3 Å². The van der Waals surface area contributed by atoms with Crippen molar-refractivity contribution in [3.8, 4) is 6.07 Å². The zero-order chi connectivity index (χ0) is 14.9. The minimum absolute atomic E-state index is 0.278. The first-order chi connectivity index (χ1) is 10.1. The van der Waals surface area contributed by atoms with Gasteiger partial charge in [0.1, 0.15) is 0 Å². The fourth-order valence-electron chi connectivity index (χ4n) is 3.06. The summed E-state index contributed by atoms with van der Waals surface area (Å²) in [5.41, 5.74) is 2.26. The minimum Gasteiger partial charge on any atom is -0.309 e. The highest BCUT2D eigenvalue weighted by molar-refractivity contribution is 7.12. The second-order valence-corrected chi connectivity index (χ2v) is 7.34. The average Bonchev–Trinajstić information content (AvgIpc) is 2.78. The molecule has 3 heteroatoms. The lowest BCUT2D eigenvalue weighted by atomic mass is 9.62. The average molecular weight is 296 g/mol. The number of rotatable bonds is 4. The molecule has 0 atom stereocenters. The van der Waals surface area contributed by atoms with Gasteiger partial charge in [0.25, 0.3) is 0 Å². The molecule has 2 nitrogen and oxygen atoms in total. The Balaban J connectivity index is 1.59. The van der Waals surface area contributed by atoms with E-state index in [0.717, 1.165) is 24.9 Å². The van der Waals surface area contributed by atoms with E-state index in [2.05, 4.69) is 43.4 Å². The van der Waals surface area contributed by atoms with Gasteiger partial charge in [-0.25, -0.2) is 0 Å². The number of nitrogens with zero attached hydrogens (tertiary/aromatic N) is 1. The molecule has 1 fully saturated rings. The largest absolute Gasteiger partial charge is 0.309 e. The molecule has 21 heavy (non-hydrogen) atoms. The molecular formula is C18H20N2S. The molecule has 108 valence electrons. The van der Waals surface area contributed by atoms with Crippen molar-refractivity contribution in [1.29, 1.82) is 5.26 Å². The highest BCUT2D eigenvalue weighted by atomic mass is 32.1. The fourth-order valence-corrected chi connectivity index (χ4v) is 4.06. The van der Waals surface area contributed by atoms with Gasteiger partial charge in [0, 0.05) is 22.3 Å². The van der Waals surface area contributed by atoms with Gasteiger partial charge in [-0.05, 0) is 43.9 Å². The number of aryl methyl sites for hydroxylation is 2. The summed E-state index contributed by atoms with van der Waals surface area (Å²) in [4.78, 5) is 2.79. The van der Waals surface area contributed by atoms with Crippen LogP contribution in [-0.2, 0) is 12.0 Å². The summed E-state index contributed by atoms with van der Waals surface area (Å²) in [7, 11) is 0. The lowest BCUT2D eigenvalue weighted by Crippen LogP contribution is -2.50. The Morgan fingerprint density at radius 1 is 1.29 bits per heavy atom. The van der Waals surface area contributed by atoms with E-state index in [4.69, 9.17) is 0 Å². The van der Waals surface area contributed by atoms with Crippen LogP contribution in [-0.4, -0.2) is 6.04 Å². The molecule has 3 rings (SSSR count). The van der Waals surface area contributed by atoms with E-state index in [1.807, 2.05) is 29.5 Å². The molecular weight excluding hydrogens is 276 g/mol. The van der Waals surface area contributed by atoms with Gasteiger partial charge in [-0.3, -0.25) is 0 Å². The highest BCUT2D eigenvalue weighted by Crippen LogP contribution is 2.43. The third kappa shape index (κ3) is 2.74. The van der Waals surface area contributed by atoms with Gasteiger partial charge >= 0.3 is 0 Å². The molecule has 1 aromatic heterocycles. The van der Waals surface area contributed by atoms with Crippen LogP contribution < -0.4 is 5.32 Å². The summed E-state index contributed by atoms with van der Waals surface area (Å²) in [6.45, 7) is 5.25. The van der Waals surface area contributed by atoms with Crippen LogP contribution in [0.5, 0.6) is 0 Å². The quantitative estimate of drug-likeness (QED) is 0.923. The number of nitrogens with one attached hydrogen (secondary N) is 1. The number of hydrogen-bond donors (Lipinski definition) is 1. The molecule has 1 aliphatic carbocycles. The van der Waals surface area contributed by atoms with Crippen LogP contribution in [0.1, 0.15) is 33.7 Å². The Kier molecular flexibility index (Phi) is 3.84. The van der Waals surface area contributed by atoms with E-state index in [9.17, 15) is 5.26 Å². The highest BCUT2D eigenvalue weighted by Gasteiger charge is 2.45. The van der Waals surface area contributed by atoms with Crippen LogP contribution in [0.4, 0.5) is 0 Å². The van der Waals surface area contributed by atoms with Crippen LogP contribution in [0, 0.1) is 25.2 Å². The minimum atomic E-state index is -0.278. The van der Waals surface area contributed by atoms with Crippen molar-refractivity contribution >= 4 is 11.3 Å². The number of benzene rings is 1. The van der Waals surface area contributed by atoms with Gasteiger partial charge in [0.2, 0.25) is 0 Å². The van der Waals surface area contributed by atoms with Gasteiger partial charge in [-0.2, -0.15) is 5.26 Å². The van der Waals surface area contributed by atoms with Crippen molar-refractivity contribution in [3.05, 3.63) is 57.3 Å². The van der Waals surface area contributed by atoms with Gasteiger partial charge in [0.15, 0.2) is 0 Å². The molecule has 1 aromatic carbocycles. The first-order valence-electron chi connectivity index (χ1n) is 7.39. The van der Waals surface area contributed by atoms with E-state index >= 15 is 0 Å². The van der Waals surface area contributed by atoms with Crippen LogP contribution >= 0.6 is 11.3 Å². The molecule has 0 bridgehead atoms. The van der Waals surface area contributed by atoms with Crippen LogP contribution in [0.15, 0.2) is 36.4 Å². The predicted octanol–water partition coefficient (Wildman–Crippen LogP) is 4.08. The Morgan fingerprint density at radius 2 is 2.00 bits per heavy atom. The molecule has 2 aromatic rings. The van der Waals surface area contributed by atoms with Crippen molar-refractivity contribution in [2.24, 2.45) is 0 Å². The number of nitriles is 1. The molecule has 1 aliphatic rings. The maximum Gasteiger partial charge on any atom is 0.0852 e. The maximum absolute atomic E-state index is 9.56. The standard InChI is InChI=1S/C18H20N2S/c1-13-8-17(21-14(13)2)11-20-16-9-18(10-16,12-19)15-6-4-3-5-7-15/h3-8,16,20H,9-11H2,1-2H3. The summed E-state index contributed by atoms with van der Waals surface area (Å²) in [6.07, 6.45) is 1.83. The zero-order valence-corrected chi connectivity index (χ0v) is 13.3. The van der Waals surface area contributed by atoms with Crippen molar-refractivity contribution in [3.63, 3.8) is 0 Å². The zero-order valence-electron chi connectivity index (χ0n) is 12.5. The topological polar surface area (TPSA) is 35.8 Å². The van der Waals surface area contributed by atoms with Crippen LogP contribution in [0.2, 0.25) is 0 Å². The molecule has 0 amide bonds.